The summed E-state index contributed by atoms with van der Waals surface area (Å²) in [6.07, 6.45) is 16.2. The first-order chi connectivity index (χ1) is 24.8. The third-order valence-corrected chi connectivity index (χ3v) is 11.4. The fourth-order valence-electron chi connectivity index (χ4n) is 8.97. The van der Waals surface area contributed by atoms with Crippen molar-refractivity contribution in [1.82, 2.24) is 0 Å². The van der Waals surface area contributed by atoms with Crippen LogP contribution in [-0.2, 0) is 0 Å². The fraction of sp³-hybridized carbons (Fsp3) is 0.0400. The average Bonchev–Trinajstić information content (AvgIpc) is 3.19. The van der Waals surface area contributed by atoms with Gasteiger partial charge in [-0.25, -0.2) is 0 Å². The fourth-order valence-corrected chi connectivity index (χ4v) is 8.97. The molecule has 0 aromatic heterocycles. The molecule has 0 spiro atoms. The summed E-state index contributed by atoms with van der Waals surface area (Å²) in [4.78, 5) is 0. The zero-order valence-electron chi connectivity index (χ0n) is 27.5. The SMILES string of the molecule is C1=CC2C=Cc3c(-c4cccc(-c5ccc(-c6cccc(-c7ccc8ccc9cccc%10ccc7c8c9%10)c6)cc5)c4)ccc4c3C2C(=C1)C=C4. The van der Waals surface area contributed by atoms with Crippen molar-refractivity contribution in [3.8, 4) is 44.5 Å². The van der Waals surface area contributed by atoms with Crippen LogP contribution >= 0.6 is 0 Å². The van der Waals surface area contributed by atoms with Crippen molar-refractivity contribution in [3.05, 3.63) is 192 Å². The summed E-state index contributed by atoms with van der Waals surface area (Å²) >= 11 is 0. The molecule has 3 aliphatic carbocycles. The summed E-state index contributed by atoms with van der Waals surface area (Å²) < 4.78 is 0. The summed E-state index contributed by atoms with van der Waals surface area (Å²) in [6, 6.07) is 52.1. The summed E-state index contributed by atoms with van der Waals surface area (Å²) in [5, 5.41) is 7.93. The van der Waals surface area contributed by atoms with Crippen molar-refractivity contribution < 1.29 is 0 Å². The molecule has 0 saturated heterocycles. The van der Waals surface area contributed by atoms with Crippen molar-refractivity contribution >= 4 is 44.5 Å². The predicted octanol–water partition coefficient (Wildman–Crippen LogP) is 13.5. The van der Waals surface area contributed by atoms with E-state index in [0.717, 1.165) is 0 Å². The Morgan fingerprint density at radius 3 is 1.80 bits per heavy atom. The normalized spacial score (nSPS) is 17.1. The van der Waals surface area contributed by atoms with E-state index in [9.17, 15) is 0 Å². The molecule has 0 amide bonds. The van der Waals surface area contributed by atoms with Gasteiger partial charge in [-0.3, -0.25) is 0 Å². The second-order valence-corrected chi connectivity index (χ2v) is 14.0. The molecule has 8 aromatic carbocycles. The van der Waals surface area contributed by atoms with E-state index in [0.29, 0.717) is 11.8 Å². The van der Waals surface area contributed by atoms with Gasteiger partial charge in [-0.2, -0.15) is 0 Å². The third-order valence-electron chi connectivity index (χ3n) is 11.4. The lowest BCUT2D eigenvalue weighted by molar-refractivity contribution is 0.665. The number of rotatable bonds is 4. The lowest BCUT2D eigenvalue weighted by Crippen LogP contribution is -2.21. The van der Waals surface area contributed by atoms with E-state index in [-0.39, 0.29) is 0 Å². The van der Waals surface area contributed by atoms with Crippen molar-refractivity contribution in [2.45, 2.75) is 5.92 Å². The van der Waals surface area contributed by atoms with Crippen LogP contribution in [0.4, 0.5) is 0 Å². The van der Waals surface area contributed by atoms with E-state index in [1.54, 1.807) is 0 Å². The molecule has 2 unspecified atom stereocenters. The Balaban J connectivity index is 0.938. The van der Waals surface area contributed by atoms with Gasteiger partial charge in [-0.1, -0.05) is 170 Å². The van der Waals surface area contributed by atoms with Crippen LogP contribution in [0.15, 0.2) is 175 Å². The molecule has 2 atom stereocenters. The molecule has 0 N–H and O–H groups in total. The molecular formula is C50H32. The lowest BCUT2D eigenvalue weighted by atomic mass is 9.68. The van der Waals surface area contributed by atoms with Gasteiger partial charge in [0.05, 0.1) is 0 Å². The average molecular weight is 633 g/mol. The minimum atomic E-state index is 0.419. The molecule has 0 fully saturated rings. The molecule has 0 heteroatoms. The van der Waals surface area contributed by atoms with Crippen LogP contribution in [0, 0.1) is 5.92 Å². The van der Waals surface area contributed by atoms with Gasteiger partial charge < -0.3 is 0 Å². The van der Waals surface area contributed by atoms with Gasteiger partial charge in [-0.15, -0.1) is 0 Å². The molecule has 0 nitrogen and oxygen atoms in total. The first kappa shape index (κ1) is 27.7. The quantitative estimate of drug-likeness (QED) is 0.169. The van der Waals surface area contributed by atoms with Crippen LogP contribution < -0.4 is 0 Å². The molecule has 3 aliphatic rings. The minimum Gasteiger partial charge on any atom is -0.0767 e. The monoisotopic (exact) mass is 632 g/mol. The van der Waals surface area contributed by atoms with Gasteiger partial charge in [0.1, 0.15) is 0 Å². The molecule has 0 bridgehead atoms. The highest BCUT2D eigenvalue weighted by molar-refractivity contribution is 6.25. The maximum Gasteiger partial charge on any atom is 0.0199 e. The zero-order chi connectivity index (χ0) is 32.8. The molecule has 0 heterocycles. The van der Waals surface area contributed by atoms with Crippen molar-refractivity contribution in [2.24, 2.45) is 5.92 Å². The third kappa shape index (κ3) is 4.12. The Labute approximate surface area is 292 Å². The largest absolute Gasteiger partial charge is 0.0767 e. The molecule has 232 valence electrons. The summed E-state index contributed by atoms with van der Waals surface area (Å²) in [5.41, 5.74) is 15.6. The number of benzene rings is 8. The standard InChI is InChI=1S/C50H32/c1-5-33-17-19-37-21-25-43(45-27-23-35(7-1)47(33)49(37)45)41-11-3-9-39(29-41)31-13-15-32(16-14-31)40-10-4-12-42(30-40)44-26-22-38-20-18-34-6-2-8-36-24-28-46(44)50(38)48(34)36/h1-30,35,47H. The Kier molecular flexibility index (Phi) is 5.89. The number of hydrogen-bond acceptors (Lipinski definition) is 0. The van der Waals surface area contributed by atoms with Gasteiger partial charge in [0.25, 0.3) is 0 Å². The summed E-state index contributed by atoms with van der Waals surface area (Å²) in [7, 11) is 0. The molecule has 50 heavy (non-hydrogen) atoms. The Bertz CT molecular complexity index is 2780. The Morgan fingerprint density at radius 2 is 1.04 bits per heavy atom. The van der Waals surface area contributed by atoms with E-state index in [2.05, 4.69) is 182 Å². The molecule has 8 aromatic rings. The Hall–Kier alpha value is -6.24. The number of hydrogen-bond donors (Lipinski definition) is 0. The van der Waals surface area contributed by atoms with Gasteiger partial charge in [0.15, 0.2) is 0 Å². The van der Waals surface area contributed by atoms with Gasteiger partial charge in [0.2, 0.25) is 0 Å². The highest BCUT2D eigenvalue weighted by Crippen LogP contribution is 2.49. The minimum absolute atomic E-state index is 0.419. The topological polar surface area (TPSA) is 0 Å². The van der Waals surface area contributed by atoms with Crippen LogP contribution in [-0.4, -0.2) is 0 Å². The van der Waals surface area contributed by atoms with Gasteiger partial charge in [0, 0.05) is 11.8 Å². The second-order valence-electron chi connectivity index (χ2n) is 14.0. The molecule has 0 radical (unpaired) electrons. The van der Waals surface area contributed by atoms with E-state index in [4.69, 9.17) is 0 Å². The van der Waals surface area contributed by atoms with Crippen molar-refractivity contribution in [2.75, 3.05) is 0 Å². The highest BCUT2D eigenvalue weighted by atomic mass is 14.4. The van der Waals surface area contributed by atoms with Gasteiger partial charge in [-0.05, 0) is 111 Å². The van der Waals surface area contributed by atoms with Crippen LogP contribution in [0.25, 0.3) is 89.0 Å². The molecule has 11 rings (SSSR count). The predicted molar refractivity (Wildman–Crippen MR) is 213 cm³/mol. The van der Waals surface area contributed by atoms with Gasteiger partial charge >= 0.3 is 0 Å². The molecule has 0 aliphatic heterocycles. The maximum absolute atomic E-state index is 2.39. The van der Waals surface area contributed by atoms with Crippen molar-refractivity contribution in [3.63, 3.8) is 0 Å². The van der Waals surface area contributed by atoms with E-state index >= 15 is 0 Å². The van der Waals surface area contributed by atoms with Crippen molar-refractivity contribution in [1.29, 1.82) is 0 Å². The highest BCUT2D eigenvalue weighted by Gasteiger charge is 2.33. The number of allylic oxidation sites excluding steroid dienone is 6. The summed E-state index contributed by atoms with van der Waals surface area (Å²) in [5.74, 6) is 0.857. The van der Waals surface area contributed by atoms with Crippen LogP contribution in [0.5, 0.6) is 0 Å². The first-order valence-electron chi connectivity index (χ1n) is 17.7. The van der Waals surface area contributed by atoms with E-state index in [1.807, 2.05) is 0 Å². The van der Waals surface area contributed by atoms with E-state index < -0.39 is 0 Å². The van der Waals surface area contributed by atoms with Crippen LogP contribution in [0.2, 0.25) is 0 Å². The maximum atomic E-state index is 2.39. The summed E-state index contributed by atoms with van der Waals surface area (Å²) in [6.45, 7) is 0. The lowest BCUT2D eigenvalue weighted by Gasteiger charge is -2.35. The second kappa shape index (κ2) is 10.6. The van der Waals surface area contributed by atoms with Crippen LogP contribution in [0.1, 0.15) is 22.6 Å². The molecular weight excluding hydrogens is 601 g/mol. The zero-order valence-corrected chi connectivity index (χ0v) is 27.5. The van der Waals surface area contributed by atoms with Crippen LogP contribution in [0.3, 0.4) is 0 Å². The van der Waals surface area contributed by atoms with E-state index in [1.165, 1.54) is 99.1 Å². The Morgan fingerprint density at radius 1 is 0.420 bits per heavy atom. The molecule has 0 saturated carbocycles. The smallest absolute Gasteiger partial charge is 0.0199 e. The first-order valence-corrected chi connectivity index (χ1v) is 17.7.